The van der Waals surface area contributed by atoms with E-state index in [1.54, 1.807) is 0 Å². The number of unbranched alkanes of at least 4 members (excludes halogenated alkanes) is 7. The molecule has 0 amide bonds. The monoisotopic (exact) mass is 306 g/mol. The second kappa shape index (κ2) is 17.3. The normalized spacial score (nSPS) is 10.9. The lowest BCUT2D eigenvalue weighted by Crippen LogP contribution is -2.16. The van der Waals surface area contributed by atoms with Gasteiger partial charge in [0.2, 0.25) is 0 Å². The van der Waals surface area contributed by atoms with E-state index >= 15 is 0 Å². The van der Waals surface area contributed by atoms with Crippen molar-refractivity contribution < 1.29 is 25.0 Å². The molecule has 0 rings (SSSR count). The van der Waals surface area contributed by atoms with E-state index < -0.39 is 5.97 Å². The summed E-state index contributed by atoms with van der Waals surface area (Å²) in [5.41, 5.74) is 1.47. The first kappa shape index (κ1) is 20.3. The number of aliphatic carboxylic acids is 1. The fourth-order valence-corrected chi connectivity index (χ4v) is 2.01. The Morgan fingerprint density at radius 2 is 1.43 bits per heavy atom. The maximum Gasteiger partial charge on any atom is 0.303 e. The molecule has 126 valence electrons. The van der Waals surface area contributed by atoms with Gasteiger partial charge in [-0.25, -0.2) is 4.89 Å². The van der Waals surface area contributed by atoms with Crippen molar-refractivity contribution in [3.05, 3.63) is 0 Å². The van der Waals surface area contributed by atoms with Gasteiger partial charge in [0.25, 0.3) is 0 Å². The number of carbonyl (C=O) groups is 1. The second-order valence-electron chi connectivity index (χ2n) is 5.07. The second-order valence-corrected chi connectivity index (χ2v) is 5.07. The zero-order chi connectivity index (χ0) is 15.6. The van der Waals surface area contributed by atoms with Gasteiger partial charge in [0, 0.05) is 6.42 Å². The standard InChI is InChI=1S/C14H30N2O5/c17-14(18)10-6-8-12-15-11-7-4-2-1-3-5-9-13-20-21-16-19/h15-16,19H,1-13H2,(H,17,18). The Morgan fingerprint density at radius 1 is 0.857 bits per heavy atom. The first-order valence-corrected chi connectivity index (χ1v) is 7.87. The van der Waals surface area contributed by atoms with Crippen LogP contribution in [0.2, 0.25) is 0 Å². The number of rotatable bonds is 17. The minimum atomic E-state index is -0.709. The minimum Gasteiger partial charge on any atom is -0.481 e. The number of carboxylic acid groups (broad SMARTS) is 1. The van der Waals surface area contributed by atoms with Crippen LogP contribution in [-0.4, -0.2) is 36.0 Å². The van der Waals surface area contributed by atoms with Crippen molar-refractivity contribution in [2.45, 2.75) is 64.2 Å². The van der Waals surface area contributed by atoms with Crippen LogP contribution in [0.25, 0.3) is 0 Å². The average Bonchev–Trinajstić information content (AvgIpc) is 2.46. The third kappa shape index (κ3) is 19.3. The van der Waals surface area contributed by atoms with Gasteiger partial charge in [-0.15, -0.1) is 4.99 Å². The van der Waals surface area contributed by atoms with E-state index in [4.69, 9.17) is 10.3 Å². The van der Waals surface area contributed by atoms with Crippen LogP contribution in [0.4, 0.5) is 0 Å². The summed E-state index contributed by atoms with van der Waals surface area (Å²) in [6.45, 7) is 2.42. The molecule has 0 aromatic carbocycles. The molecule has 0 unspecified atom stereocenters. The SMILES string of the molecule is O=C(O)CCCCNCCCCCCCCCOONO. The van der Waals surface area contributed by atoms with Crippen molar-refractivity contribution >= 4 is 5.97 Å². The van der Waals surface area contributed by atoms with Gasteiger partial charge in [-0.3, -0.25) is 10.0 Å². The Kier molecular flexibility index (Phi) is 16.7. The van der Waals surface area contributed by atoms with Gasteiger partial charge < -0.3 is 10.4 Å². The minimum absolute atomic E-state index is 0.273. The van der Waals surface area contributed by atoms with E-state index in [2.05, 4.69) is 15.2 Å². The average molecular weight is 306 g/mol. The van der Waals surface area contributed by atoms with Gasteiger partial charge in [-0.2, -0.15) is 0 Å². The molecule has 0 aliphatic heterocycles. The number of hydrogen-bond donors (Lipinski definition) is 4. The summed E-state index contributed by atoms with van der Waals surface area (Å²) in [7, 11) is 0. The highest BCUT2D eigenvalue weighted by atomic mass is 17.3. The molecule has 0 fully saturated rings. The van der Waals surface area contributed by atoms with Gasteiger partial charge in [-0.1, -0.05) is 32.1 Å². The summed E-state index contributed by atoms with van der Waals surface area (Å²) in [5.74, 6) is -0.709. The summed E-state index contributed by atoms with van der Waals surface area (Å²) < 4.78 is 0. The van der Waals surface area contributed by atoms with Gasteiger partial charge in [0.1, 0.15) is 0 Å². The van der Waals surface area contributed by atoms with Gasteiger partial charge in [0.05, 0.1) is 6.61 Å². The fraction of sp³-hybridized carbons (Fsp3) is 0.929. The van der Waals surface area contributed by atoms with Gasteiger partial charge in [-0.05, 0) is 44.4 Å². The Morgan fingerprint density at radius 3 is 2.05 bits per heavy atom. The quantitative estimate of drug-likeness (QED) is 0.186. The topological polar surface area (TPSA) is 100 Å². The number of nitrogens with one attached hydrogen (secondary N) is 2. The van der Waals surface area contributed by atoms with Crippen LogP contribution in [0, 0.1) is 0 Å². The lowest BCUT2D eigenvalue weighted by molar-refractivity contribution is -0.390. The Hall–Kier alpha value is -0.730. The molecule has 7 heteroatoms. The van der Waals surface area contributed by atoms with Gasteiger partial charge in [0.15, 0.2) is 0 Å². The largest absolute Gasteiger partial charge is 0.481 e. The Bertz CT molecular complexity index is 229. The molecule has 0 saturated carbocycles. The summed E-state index contributed by atoms with van der Waals surface area (Å²) in [4.78, 5) is 19.0. The lowest BCUT2D eigenvalue weighted by Gasteiger charge is -2.04. The number of hydrogen-bond acceptors (Lipinski definition) is 6. The molecule has 0 aliphatic rings. The summed E-state index contributed by atoms with van der Waals surface area (Å²) in [6.07, 6.45) is 10.1. The molecule has 0 spiro atoms. The molecule has 0 heterocycles. The zero-order valence-electron chi connectivity index (χ0n) is 12.8. The van der Waals surface area contributed by atoms with Gasteiger partial charge >= 0.3 is 5.97 Å². The van der Waals surface area contributed by atoms with Crippen LogP contribution in [0.1, 0.15) is 64.2 Å². The first-order valence-electron chi connectivity index (χ1n) is 7.87. The van der Waals surface area contributed by atoms with Crippen LogP contribution < -0.4 is 11.0 Å². The van der Waals surface area contributed by atoms with Crippen molar-refractivity contribution in [2.24, 2.45) is 0 Å². The van der Waals surface area contributed by atoms with Crippen LogP contribution in [-0.2, 0) is 14.7 Å². The van der Waals surface area contributed by atoms with E-state index in [0.717, 1.165) is 38.8 Å². The van der Waals surface area contributed by atoms with Crippen LogP contribution >= 0.6 is 0 Å². The van der Waals surface area contributed by atoms with Crippen molar-refractivity contribution in [3.63, 3.8) is 0 Å². The highest BCUT2D eigenvalue weighted by molar-refractivity contribution is 5.66. The molecule has 0 atom stereocenters. The summed E-state index contributed by atoms with van der Waals surface area (Å²) >= 11 is 0. The molecule has 0 radical (unpaired) electrons. The van der Waals surface area contributed by atoms with E-state index in [0.29, 0.717) is 6.61 Å². The maximum absolute atomic E-state index is 10.3. The number of carboxylic acids is 1. The third-order valence-corrected chi connectivity index (χ3v) is 3.17. The molecule has 0 aromatic heterocycles. The molecule has 0 bridgehead atoms. The highest BCUT2D eigenvalue weighted by Crippen LogP contribution is 2.07. The van der Waals surface area contributed by atoms with Crippen molar-refractivity contribution in [1.29, 1.82) is 0 Å². The van der Waals surface area contributed by atoms with E-state index in [1.807, 2.05) is 0 Å². The fourth-order valence-electron chi connectivity index (χ4n) is 2.01. The van der Waals surface area contributed by atoms with E-state index in [9.17, 15) is 4.79 Å². The van der Waals surface area contributed by atoms with E-state index in [1.165, 1.54) is 37.7 Å². The van der Waals surface area contributed by atoms with Crippen molar-refractivity contribution in [1.82, 2.24) is 11.0 Å². The molecule has 7 nitrogen and oxygen atoms in total. The van der Waals surface area contributed by atoms with Crippen LogP contribution in [0.5, 0.6) is 0 Å². The van der Waals surface area contributed by atoms with Crippen LogP contribution in [0.3, 0.4) is 0 Å². The smallest absolute Gasteiger partial charge is 0.303 e. The Balaban J connectivity index is 2.95. The predicted octanol–water partition coefficient (Wildman–Crippen LogP) is 2.40. The molecule has 4 N–H and O–H groups in total. The molecule has 0 aliphatic carbocycles. The lowest BCUT2D eigenvalue weighted by atomic mass is 10.1. The highest BCUT2D eigenvalue weighted by Gasteiger charge is 1.96. The van der Waals surface area contributed by atoms with Crippen molar-refractivity contribution in [3.8, 4) is 0 Å². The first-order chi connectivity index (χ1) is 10.3. The Labute approximate surface area is 126 Å². The molecule has 0 aromatic rings. The molecule has 21 heavy (non-hydrogen) atoms. The van der Waals surface area contributed by atoms with Crippen molar-refractivity contribution in [2.75, 3.05) is 19.7 Å². The molecular formula is C14H30N2O5. The van der Waals surface area contributed by atoms with E-state index in [-0.39, 0.29) is 6.42 Å². The summed E-state index contributed by atoms with van der Waals surface area (Å²) in [5, 5.41) is 19.9. The molecular weight excluding hydrogens is 276 g/mol. The third-order valence-electron chi connectivity index (χ3n) is 3.17. The zero-order valence-corrected chi connectivity index (χ0v) is 12.8. The summed E-state index contributed by atoms with van der Waals surface area (Å²) in [6, 6.07) is 0. The maximum atomic E-state index is 10.3. The predicted molar refractivity (Wildman–Crippen MR) is 78.6 cm³/mol. The van der Waals surface area contributed by atoms with Crippen LogP contribution in [0.15, 0.2) is 0 Å². The molecule has 0 saturated heterocycles.